The highest BCUT2D eigenvalue weighted by Gasteiger charge is 2.51. The predicted octanol–water partition coefficient (Wildman–Crippen LogP) is -2.13. The first kappa shape index (κ1) is 29.2. The minimum atomic E-state index is -2.02. The van der Waals surface area contributed by atoms with Crippen molar-refractivity contribution in [2.45, 2.75) is 61.4 Å². The van der Waals surface area contributed by atoms with Gasteiger partial charge < -0.3 is 69.7 Å². The average molecular weight is 580 g/mol. The Morgan fingerprint density at radius 1 is 0.756 bits per heavy atom. The Balaban J connectivity index is 1.49. The second-order valence-corrected chi connectivity index (χ2v) is 9.78. The van der Waals surface area contributed by atoms with E-state index in [0.29, 0.717) is 5.56 Å². The fourth-order valence-electron chi connectivity index (χ4n) is 4.86. The lowest BCUT2D eigenvalue weighted by molar-refractivity contribution is -0.376. The van der Waals surface area contributed by atoms with Gasteiger partial charge in [0.15, 0.2) is 18.0 Å². The standard InChI is InChI=1S/C26H28O15/c27-7-14-17(31)19(33)22(36)25(39-14)41-26-23(37)20(34)21(35)24(40-26)16-11(30)6-13-15(18(16)32)10(29)5-12(38-13)8-1-3-9(28)4-2-8/h1-6,14,17,19-28,30-37H,7H2/t14-,17-,19+,20-,21-,22-,23+,24-,25-,26-/m1/s1. The summed E-state index contributed by atoms with van der Waals surface area (Å²) in [5.41, 5.74) is -1.17. The topological polar surface area (TPSA) is 260 Å². The fourth-order valence-corrected chi connectivity index (χ4v) is 4.86. The molecule has 2 fully saturated rings. The van der Waals surface area contributed by atoms with Crippen LogP contribution in [-0.4, -0.2) is 113 Å². The number of phenols is 3. The lowest BCUT2D eigenvalue weighted by Crippen LogP contribution is -2.62. The summed E-state index contributed by atoms with van der Waals surface area (Å²) in [7, 11) is 0. The van der Waals surface area contributed by atoms with Crippen molar-refractivity contribution in [2.75, 3.05) is 6.61 Å². The molecule has 2 aliphatic heterocycles. The molecule has 15 nitrogen and oxygen atoms in total. The molecule has 0 bridgehead atoms. The summed E-state index contributed by atoms with van der Waals surface area (Å²) in [4.78, 5) is 13.0. The number of aliphatic hydroxyl groups is 7. The Bertz CT molecular complexity index is 1450. The lowest BCUT2D eigenvalue weighted by atomic mass is 9.91. The first-order chi connectivity index (χ1) is 19.4. The predicted molar refractivity (Wildman–Crippen MR) is 133 cm³/mol. The summed E-state index contributed by atoms with van der Waals surface area (Å²) < 4.78 is 21.8. The van der Waals surface area contributed by atoms with E-state index in [1.54, 1.807) is 0 Å². The molecule has 0 spiro atoms. The first-order valence-corrected chi connectivity index (χ1v) is 12.4. The van der Waals surface area contributed by atoms with Crippen LogP contribution < -0.4 is 5.43 Å². The normalized spacial score (nSPS) is 34.1. The molecule has 3 heterocycles. The molecule has 2 aromatic carbocycles. The van der Waals surface area contributed by atoms with Crippen LogP contribution in [0, 0.1) is 0 Å². The summed E-state index contributed by atoms with van der Waals surface area (Å²) in [5, 5.41) is 102. The number of aromatic hydroxyl groups is 3. The summed E-state index contributed by atoms with van der Waals surface area (Å²) >= 11 is 0. The first-order valence-electron chi connectivity index (χ1n) is 12.4. The van der Waals surface area contributed by atoms with Crippen molar-refractivity contribution >= 4 is 11.0 Å². The smallest absolute Gasteiger partial charge is 0.197 e. The fraction of sp³-hybridized carbons (Fsp3) is 0.423. The number of aliphatic hydroxyl groups excluding tert-OH is 7. The molecule has 0 amide bonds. The van der Waals surface area contributed by atoms with Gasteiger partial charge in [0.25, 0.3) is 0 Å². The molecule has 2 saturated heterocycles. The second kappa shape index (κ2) is 11.1. The van der Waals surface area contributed by atoms with Crippen LogP contribution in [0.15, 0.2) is 45.6 Å². The SMILES string of the molecule is O=c1cc(-c2ccc(O)cc2)oc2cc(O)c([C@H]3O[C@H](O[C@H]4O[C@H](CO)[C@@H](O)[C@H](O)[C@H]4O)[C@@H](O)[C@H](O)[C@H]3O)c(O)c12. The maximum absolute atomic E-state index is 13.0. The van der Waals surface area contributed by atoms with Gasteiger partial charge in [-0.25, -0.2) is 0 Å². The van der Waals surface area contributed by atoms with Crippen LogP contribution in [0.2, 0.25) is 0 Å². The summed E-state index contributed by atoms with van der Waals surface area (Å²) in [6.07, 6.45) is -18.4. The van der Waals surface area contributed by atoms with Crippen molar-refractivity contribution in [1.82, 2.24) is 0 Å². The lowest BCUT2D eigenvalue weighted by Gasteiger charge is -2.45. The van der Waals surface area contributed by atoms with E-state index in [-0.39, 0.29) is 17.1 Å². The zero-order valence-corrected chi connectivity index (χ0v) is 21.0. The molecule has 15 heteroatoms. The Hall–Kier alpha value is -3.35. The Kier molecular flexibility index (Phi) is 7.92. The van der Waals surface area contributed by atoms with Gasteiger partial charge in [-0.05, 0) is 24.3 Å². The zero-order valence-electron chi connectivity index (χ0n) is 21.0. The molecule has 5 rings (SSSR count). The van der Waals surface area contributed by atoms with E-state index in [2.05, 4.69) is 0 Å². The highest BCUT2D eigenvalue weighted by molar-refractivity contribution is 5.88. The van der Waals surface area contributed by atoms with Crippen molar-refractivity contribution in [3.05, 3.63) is 52.2 Å². The van der Waals surface area contributed by atoms with Crippen LogP contribution in [0.5, 0.6) is 17.2 Å². The minimum Gasteiger partial charge on any atom is -0.508 e. The van der Waals surface area contributed by atoms with Crippen molar-refractivity contribution in [2.24, 2.45) is 0 Å². The molecule has 0 saturated carbocycles. The van der Waals surface area contributed by atoms with Crippen LogP contribution in [0.25, 0.3) is 22.3 Å². The van der Waals surface area contributed by atoms with Gasteiger partial charge in [0.2, 0.25) is 0 Å². The van der Waals surface area contributed by atoms with Gasteiger partial charge in [0.05, 0.1) is 12.2 Å². The molecule has 41 heavy (non-hydrogen) atoms. The van der Waals surface area contributed by atoms with E-state index < -0.39 is 95.9 Å². The Morgan fingerprint density at radius 2 is 1.37 bits per heavy atom. The molecule has 10 N–H and O–H groups in total. The van der Waals surface area contributed by atoms with Gasteiger partial charge in [-0.3, -0.25) is 4.79 Å². The van der Waals surface area contributed by atoms with Crippen LogP contribution in [-0.2, 0) is 14.2 Å². The molecular formula is C26H28O15. The van der Waals surface area contributed by atoms with Gasteiger partial charge in [-0.1, -0.05) is 0 Å². The van der Waals surface area contributed by atoms with E-state index >= 15 is 0 Å². The number of hydrogen-bond donors (Lipinski definition) is 10. The number of ether oxygens (including phenoxy) is 3. The van der Waals surface area contributed by atoms with Crippen LogP contribution in [0.3, 0.4) is 0 Å². The average Bonchev–Trinajstić information content (AvgIpc) is 2.94. The minimum absolute atomic E-state index is 0.0241. The van der Waals surface area contributed by atoms with Crippen LogP contribution in [0.1, 0.15) is 11.7 Å². The maximum atomic E-state index is 13.0. The van der Waals surface area contributed by atoms with Gasteiger partial charge >= 0.3 is 0 Å². The highest BCUT2D eigenvalue weighted by atomic mass is 16.8. The van der Waals surface area contributed by atoms with E-state index in [1.807, 2.05) is 0 Å². The molecule has 222 valence electrons. The number of benzene rings is 2. The van der Waals surface area contributed by atoms with Crippen molar-refractivity contribution in [3.8, 4) is 28.6 Å². The monoisotopic (exact) mass is 580 g/mol. The summed E-state index contributed by atoms with van der Waals surface area (Å²) in [6, 6.07) is 7.70. The molecule has 1 aromatic heterocycles. The third-order valence-electron chi connectivity index (χ3n) is 7.13. The largest absolute Gasteiger partial charge is 0.508 e. The van der Waals surface area contributed by atoms with Crippen LogP contribution in [0.4, 0.5) is 0 Å². The Labute approximate surface area is 229 Å². The molecule has 0 radical (unpaired) electrons. The van der Waals surface area contributed by atoms with Gasteiger partial charge in [0.1, 0.15) is 82.8 Å². The summed E-state index contributed by atoms with van der Waals surface area (Å²) in [5.74, 6) is -1.58. The number of phenolic OH excluding ortho intramolecular Hbond substituents is 3. The van der Waals surface area contributed by atoms with Crippen LogP contribution >= 0.6 is 0 Å². The van der Waals surface area contributed by atoms with E-state index in [1.165, 1.54) is 24.3 Å². The van der Waals surface area contributed by atoms with E-state index in [0.717, 1.165) is 12.1 Å². The molecule has 0 aliphatic carbocycles. The number of rotatable bonds is 5. The molecular weight excluding hydrogens is 552 g/mol. The third kappa shape index (κ3) is 5.13. The zero-order chi connectivity index (χ0) is 29.7. The highest BCUT2D eigenvalue weighted by Crippen LogP contribution is 2.45. The quantitative estimate of drug-likeness (QED) is 0.155. The molecule has 3 aromatic rings. The van der Waals surface area contributed by atoms with Gasteiger partial charge in [-0.2, -0.15) is 0 Å². The van der Waals surface area contributed by atoms with E-state index in [4.69, 9.17) is 18.6 Å². The third-order valence-corrected chi connectivity index (χ3v) is 7.13. The van der Waals surface area contributed by atoms with Crippen molar-refractivity contribution in [1.29, 1.82) is 0 Å². The molecule has 0 unspecified atom stereocenters. The molecule has 10 atom stereocenters. The van der Waals surface area contributed by atoms with Gasteiger partial charge in [-0.15, -0.1) is 0 Å². The van der Waals surface area contributed by atoms with E-state index in [9.17, 15) is 55.9 Å². The second-order valence-electron chi connectivity index (χ2n) is 9.78. The Morgan fingerprint density at radius 3 is 2.00 bits per heavy atom. The van der Waals surface area contributed by atoms with Crippen molar-refractivity contribution in [3.63, 3.8) is 0 Å². The summed E-state index contributed by atoms with van der Waals surface area (Å²) in [6.45, 7) is -0.779. The number of hydrogen-bond acceptors (Lipinski definition) is 15. The van der Waals surface area contributed by atoms with Crippen molar-refractivity contribution < 1.29 is 69.7 Å². The number of fused-ring (bicyclic) bond motifs is 1. The van der Waals surface area contributed by atoms with Gasteiger partial charge in [0, 0.05) is 17.7 Å². The molecule has 2 aliphatic rings. The maximum Gasteiger partial charge on any atom is 0.197 e.